The second-order valence-electron chi connectivity index (χ2n) is 7.75. The molecular weight excluding hydrogens is 286 g/mol. The molecule has 3 fully saturated rings. The third kappa shape index (κ3) is 2.75. The maximum absolute atomic E-state index is 12.3. The van der Waals surface area contributed by atoms with Gasteiger partial charge in [-0.3, -0.25) is 0 Å². The average Bonchev–Trinajstić information content (AvgIpc) is 3.17. The van der Waals surface area contributed by atoms with Gasteiger partial charge in [0, 0.05) is 6.04 Å². The fraction of sp³-hybridized carbons (Fsp3) is 0.650. The Hall–Kier alpha value is -1.51. The molecule has 4 rings (SSSR count). The van der Waals surface area contributed by atoms with Crippen LogP contribution in [0.2, 0.25) is 0 Å². The van der Waals surface area contributed by atoms with Gasteiger partial charge in [0.05, 0.1) is 0 Å². The Balaban J connectivity index is 1.40. The van der Waals surface area contributed by atoms with Crippen LogP contribution in [0.3, 0.4) is 0 Å². The van der Waals surface area contributed by atoms with Crippen molar-refractivity contribution in [1.29, 1.82) is 0 Å². The largest absolute Gasteiger partial charge is 0.445 e. The Morgan fingerprint density at radius 1 is 1.13 bits per heavy atom. The molecule has 1 spiro atoms. The zero-order valence-corrected chi connectivity index (χ0v) is 13.8. The van der Waals surface area contributed by atoms with E-state index in [4.69, 9.17) is 4.74 Å². The summed E-state index contributed by atoms with van der Waals surface area (Å²) in [5.74, 6) is 1.52. The first kappa shape index (κ1) is 15.0. The molecule has 3 aliphatic carbocycles. The topological polar surface area (TPSA) is 38.3 Å². The van der Waals surface area contributed by atoms with Crippen molar-refractivity contribution in [1.82, 2.24) is 5.32 Å². The number of carbonyl (C=O) groups is 1. The highest BCUT2D eigenvalue weighted by molar-refractivity contribution is 5.68. The smallest absolute Gasteiger partial charge is 0.407 e. The van der Waals surface area contributed by atoms with E-state index in [1.807, 2.05) is 30.3 Å². The minimum absolute atomic E-state index is 0.226. The lowest BCUT2D eigenvalue weighted by Crippen LogP contribution is -2.52. The van der Waals surface area contributed by atoms with Gasteiger partial charge in [0.2, 0.25) is 0 Å². The van der Waals surface area contributed by atoms with E-state index in [2.05, 4.69) is 5.32 Å². The number of ether oxygens (including phenoxy) is 1. The highest BCUT2D eigenvalue weighted by atomic mass is 16.5. The molecule has 0 saturated heterocycles. The van der Waals surface area contributed by atoms with Gasteiger partial charge in [-0.05, 0) is 54.9 Å². The van der Waals surface area contributed by atoms with Crippen molar-refractivity contribution in [3.05, 3.63) is 35.9 Å². The van der Waals surface area contributed by atoms with Crippen LogP contribution in [0.1, 0.15) is 56.9 Å². The van der Waals surface area contributed by atoms with Gasteiger partial charge in [0.1, 0.15) is 6.61 Å². The van der Waals surface area contributed by atoms with Crippen molar-refractivity contribution in [2.75, 3.05) is 0 Å². The van der Waals surface area contributed by atoms with Crippen LogP contribution in [0.5, 0.6) is 0 Å². The molecule has 0 aliphatic heterocycles. The first-order valence-electron chi connectivity index (χ1n) is 9.25. The Kier molecular flexibility index (Phi) is 4.04. The summed E-state index contributed by atoms with van der Waals surface area (Å²) in [5.41, 5.74) is 1.43. The molecule has 0 aromatic heterocycles. The summed E-state index contributed by atoms with van der Waals surface area (Å²) in [6.07, 6.45) is 10.4. The standard InChI is InChI=1S/C20H27NO2/c22-19(23-14-15-7-3-1-4-8-15)21-18-16-9-10-17(13-16)20(18)11-5-2-6-12-20/h1,3-4,7-8,16-18H,2,5-6,9-14H2,(H,21,22)/t16-,17+,18+/m1/s1. The van der Waals surface area contributed by atoms with Crippen molar-refractivity contribution in [2.24, 2.45) is 17.3 Å². The van der Waals surface area contributed by atoms with Crippen LogP contribution in [0, 0.1) is 17.3 Å². The van der Waals surface area contributed by atoms with Crippen molar-refractivity contribution >= 4 is 6.09 Å². The maximum Gasteiger partial charge on any atom is 0.407 e. The number of hydrogen-bond donors (Lipinski definition) is 1. The molecule has 0 heterocycles. The van der Waals surface area contributed by atoms with E-state index < -0.39 is 0 Å². The first-order chi connectivity index (χ1) is 11.3. The molecule has 3 aliphatic rings. The van der Waals surface area contributed by atoms with E-state index in [0.29, 0.717) is 24.0 Å². The number of nitrogens with one attached hydrogen (secondary N) is 1. The van der Waals surface area contributed by atoms with Crippen molar-refractivity contribution < 1.29 is 9.53 Å². The molecule has 3 nitrogen and oxygen atoms in total. The van der Waals surface area contributed by atoms with E-state index in [1.54, 1.807) is 0 Å². The molecule has 1 aromatic rings. The fourth-order valence-corrected chi connectivity index (χ4v) is 5.65. The fourth-order valence-electron chi connectivity index (χ4n) is 5.65. The van der Waals surface area contributed by atoms with Crippen LogP contribution in [-0.2, 0) is 11.3 Å². The van der Waals surface area contributed by atoms with Crippen LogP contribution in [-0.4, -0.2) is 12.1 Å². The lowest BCUT2D eigenvalue weighted by atomic mass is 9.62. The molecule has 1 amide bonds. The van der Waals surface area contributed by atoms with Crippen molar-refractivity contribution in [2.45, 2.75) is 64.0 Å². The number of fused-ring (bicyclic) bond motifs is 3. The first-order valence-corrected chi connectivity index (χ1v) is 9.25. The minimum Gasteiger partial charge on any atom is -0.445 e. The number of carbonyl (C=O) groups excluding carboxylic acids is 1. The van der Waals surface area contributed by atoms with Crippen molar-refractivity contribution in [3.8, 4) is 0 Å². The predicted octanol–water partition coefficient (Wildman–Crippen LogP) is 4.66. The molecule has 124 valence electrons. The summed E-state index contributed by atoms with van der Waals surface area (Å²) >= 11 is 0. The van der Waals surface area contributed by atoms with Gasteiger partial charge in [0.25, 0.3) is 0 Å². The van der Waals surface area contributed by atoms with E-state index in [0.717, 1.165) is 11.5 Å². The minimum atomic E-state index is -0.226. The Morgan fingerprint density at radius 2 is 1.91 bits per heavy atom. The summed E-state index contributed by atoms with van der Waals surface area (Å²) in [6, 6.07) is 10.3. The van der Waals surface area contributed by atoms with Gasteiger partial charge in [-0.15, -0.1) is 0 Å². The lowest BCUT2D eigenvalue weighted by Gasteiger charge is -2.46. The quantitative estimate of drug-likeness (QED) is 0.881. The third-order valence-corrected chi connectivity index (χ3v) is 6.65. The maximum atomic E-state index is 12.3. The second kappa shape index (κ2) is 6.18. The Bertz CT molecular complexity index is 550. The monoisotopic (exact) mass is 313 g/mol. The predicted molar refractivity (Wildman–Crippen MR) is 89.9 cm³/mol. The molecule has 3 atom stereocenters. The van der Waals surface area contributed by atoms with Crippen LogP contribution in [0.25, 0.3) is 0 Å². The summed E-state index contributed by atoms with van der Waals surface area (Å²) in [6.45, 7) is 0.362. The van der Waals surface area contributed by atoms with Crippen LogP contribution in [0.4, 0.5) is 4.79 Å². The van der Waals surface area contributed by atoms with Crippen molar-refractivity contribution in [3.63, 3.8) is 0 Å². The molecule has 2 bridgehead atoms. The molecule has 23 heavy (non-hydrogen) atoms. The molecule has 3 heteroatoms. The summed E-state index contributed by atoms with van der Waals surface area (Å²) in [4.78, 5) is 12.3. The van der Waals surface area contributed by atoms with Gasteiger partial charge < -0.3 is 10.1 Å². The second-order valence-corrected chi connectivity index (χ2v) is 7.75. The van der Waals surface area contributed by atoms with Crippen LogP contribution < -0.4 is 5.32 Å². The zero-order chi connectivity index (χ0) is 15.7. The van der Waals surface area contributed by atoms with Gasteiger partial charge in [-0.1, -0.05) is 49.6 Å². The number of hydrogen-bond acceptors (Lipinski definition) is 2. The molecule has 0 radical (unpaired) electrons. The Labute approximate surface area is 138 Å². The van der Waals surface area contributed by atoms with E-state index in [1.165, 1.54) is 51.4 Å². The molecule has 1 aromatic carbocycles. The highest BCUT2D eigenvalue weighted by Crippen LogP contribution is 2.61. The molecule has 3 saturated carbocycles. The SMILES string of the molecule is O=C(N[C@H]1[C@@H]2CC[C@@H](C2)C12CCCCC2)OCc1ccccc1. The number of benzene rings is 1. The molecule has 1 N–H and O–H groups in total. The van der Waals surface area contributed by atoms with Gasteiger partial charge in [-0.25, -0.2) is 4.79 Å². The summed E-state index contributed by atoms with van der Waals surface area (Å²) < 4.78 is 5.48. The van der Waals surface area contributed by atoms with Gasteiger partial charge in [0.15, 0.2) is 0 Å². The van der Waals surface area contributed by atoms with E-state index in [-0.39, 0.29) is 6.09 Å². The number of alkyl carbamates (subject to hydrolysis) is 1. The average molecular weight is 313 g/mol. The molecule has 0 unspecified atom stereocenters. The highest BCUT2D eigenvalue weighted by Gasteiger charge is 2.58. The third-order valence-electron chi connectivity index (χ3n) is 6.65. The van der Waals surface area contributed by atoms with Gasteiger partial charge in [-0.2, -0.15) is 0 Å². The normalized spacial score (nSPS) is 31.2. The summed E-state index contributed by atoms with van der Waals surface area (Å²) in [7, 11) is 0. The van der Waals surface area contributed by atoms with Crippen LogP contribution >= 0.6 is 0 Å². The lowest BCUT2D eigenvalue weighted by molar-refractivity contribution is 0.0521. The Morgan fingerprint density at radius 3 is 2.70 bits per heavy atom. The van der Waals surface area contributed by atoms with Gasteiger partial charge >= 0.3 is 6.09 Å². The molecular formula is C20H27NO2. The van der Waals surface area contributed by atoms with Crippen LogP contribution in [0.15, 0.2) is 30.3 Å². The van der Waals surface area contributed by atoms with E-state index >= 15 is 0 Å². The number of rotatable bonds is 3. The van der Waals surface area contributed by atoms with E-state index in [9.17, 15) is 4.79 Å². The zero-order valence-electron chi connectivity index (χ0n) is 13.8. The summed E-state index contributed by atoms with van der Waals surface area (Å²) in [5, 5.41) is 3.28. The number of amides is 1.